The van der Waals surface area contributed by atoms with Crippen LogP contribution < -0.4 is 5.73 Å². The lowest BCUT2D eigenvalue weighted by molar-refractivity contribution is 0.306. The van der Waals surface area contributed by atoms with Gasteiger partial charge in [0, 0.05) is 48.2 Å². The van der Waals surface area contributed by atoms with Crippen LogP contribution in [0.3, 0.4) is 0 Å². The monoisotopic (exact) mass is 367 g/mol. The van der Waals surface area contributed by atoms with Crippen LogP contribution in [0.2, 0.25) is 0 Å². The second kappa shape index (κ2) is 8.51. The van der Waals surface area contributed by atoms with Crippen LogP contribution in [0.15, 0.2) is 64.9 Å². The minimum Gasteiger partial charge on any atom is -0.489 e. The fraction of sp³-hybridized carbons (Fsp3) is 0.435. The summed E-state index contributed by atoms with van der Waals surface area (Å²) in [7, 11) is 5.36. The number of nitrogens with two attached hydrogens (primary N) is 1. The van der Waals surface area contributed by atoms with Crippen molar-refractivity contribution in [1.29, 1.82) is 0 Å². The molecule has 4 heteroatoms. The Hall–Kier alpha value is -2.42. The van der Waals surface area contributed by atoms with Gasteiger partial charge in [-0.2, -0.15) is 0 Å². The SMILES string of the molecule is C/C=C1\N(CC)C2=CC=C=C(OC)C=C2C1(C)Cc1ccc(C)n1C.CN. The molecule has 1 atom stereocenters. The third-order valence-electron chi connectivity index (χ3n) is 5.58. The van der Waals surface area contributed by atoms with Gasteiger partial charge in [0.15, 0.2) is 5.76 Å². The number of allylic oxidation sites excluding steroid dienone is 5. The number of hydrogen-bond acceptors (Lipinski definition) is 3. The Kier molecular flexibility index (Phi) is 6.59. The summed E-state index contributed by atoms with van der Waals surface area (Å²) < 4.78 is 7.80. The van der Waals surface area contributed by atoms with Crippen LogP contribution in [-0.2, 0) is 18.2 Å². The average molecular weight is 368 g/mol. The van der Waals surface area contributed by atoms with Crippen molar-refractivity contribution in [3.05, 3.63) is 76.3 Å². The first kappa shape index (κ1) is 20.9. The molecule has 2 aliphatic rings. The highest BCUT2D eigenvalue weighted by Crippen LogP contribution is 2.52. The zero-order valence-corrected chi connectivity index (χ0v) is 17.8. The molecular formula is C23H33N3O. The van der Waals surface area contributed by atoms with Gasteiger partial charge in [0.05, 0.1) is 7.11 Å². The number of fused-ring (bicyclic) bond motifs is 1. The van der Waals surface area contributed by atoms with E-state index in [9.17, 15) is 0 Å². The van der Waals surface area contributed by atoms with E-state index < -0.39 is 0 Å². The molecule has 1 saturated heterocycles. The van der Waals surface area contributed by atoms with Gasteiger partial charge in [-0.05, 0) is 70.7 Å². The first-order valence-electron chi connectivity index (χ1n) is 9.53. The Morgan fingerprint density at radius 3 is 2.52 bits per heavy atom. The van der Waals surface area contributed by atoms with Gasteiger partial charge in [0.25, 0.3) is 0 Å². The maximum Gasteiger partial charge on any atom is 0.162 e. The van der Waals surface area contributed by atoms with Crippen molar-refractivity contribution >= 4 is 0 Å². The zero-order valence-electron chi connectivity index (χ0n) is 17.8. The summed E-state index contributed by atoms with van der Waals surface area (Å²) in [5.74, 6) is 0.781. The number of nitrogens with zero attached hydrogens (tertiary/aromatic N) is 2. The van der Waals surface area contributed by atoms with Gasteiger partial charge >= 0.3 is 0 Å². The van der Waals surface area contributed by atoms with Crippen LogP contribution in [0, 0.1) is 12.3 Å². The molecule has 1 aliphatic heterocycles. The Balaban J connectivity index is 0.00000126. The van der Waals surface area contributed by atoms with E-state index >= 15 is 0 Å². The summed E-state index contributed by atoms with van der Waals surface area (Å²) in [6.07, 6.45) is 9.49. The topological polar surface area (TPSA) is 43.4 Å². The van der Waals surface area contributed by atoms with Crippen LogP contribution in [-0.4, -0.2) is 30.2 Å². The van der Waals surface area contributed by atoms with E-state index in [0.29, 0.717) is 0 Å². The van der Waals surface area contributed by atoms with Gasteiger partial charge in [0.1, 0.15) is 0 Å². The minimum atomic E-state index is -0.0984. The van der Waals surface area contributed by atoms with Crippen LogP contribution >= 0.6 is 0 Å². The van der Waals surface area contributed by atoms with E-state index in [-0.39, 0.29) is 5.41 Å². The predicted molar refractivity (Wildman–Crippen MR) is 113 cm³/mol. The second-order valence-corrected chi connectivity index (χ2v) is 6.94. The molecule has 0 saturated carbocycles. The number of likely N-dealkylation sites (N-methyl/N-ethyl adjacent to an activating group) is 1. The molecule has 0 spiro atoms. The normalized spacial score (nSPS) is 22.4. The van der Waals surface area contributed by atoms with Gasteiger partial charge < -0.3 is 19.9 Å². The zero-order chi connectivity index (χ0) is 20.2. The molecule has 0 radical (unpaired) electrons. The fourth-order valence-corrected chi connectivity index (χ4v) is 4.11. The lowest BCUT2D eigenvalue weighted by Crippen LogP contribution is -2.25. The summed E-state index contributed by atoms with van der Waals surface area (Å²) in [6.45, 7) is 9.79. The third-order valence-corrected chi connectivity index (χ3v) is 5.58. The molecule has 3 rings (SSSR count). The smallest absolute Gasteiger partial charge is 0.162 e. The number of hydrogen-bond donors (Lipinski definition) is 1. The van der Waals surface area contributed by atoms with E-state index in [0.717, 1.165) is 18.7 Å². The molecular weight excluding hydrogens is 334 g/mol. The Morgan fingerprint density at radius 2 is 2.00 bits per heavy atom. The number of aromatic nitrogens is 1. The summed E-state index contributed by atoms with van der Waals surface area (Å²) in [4.78, 5) is 2.42. The van der Waals surface area contributed by atoms with Crippen molar-refractivity contribution in [2.75, 3.05) is 20.7 Å². The van der Waals surface area contributed by atoms with Gasteiger partial charge in [-0.25, -0.2) is 0 Å². The quantitative estimate of drug-likeness (QED) is 0.811. The number of likely N-dealkylation sites (tertiary alicyclic amines) is 1. The molecule has 146 valence electrons. The summed E-state index contributed by atoms with van der Waals surface area (Å²) in [6, 6.07) is 4.44. The van der Waals surface area contributed by atoms with E-state index in [1.54, 1.807) is 7.11 Å². The maximum absolute atomic E-state index is 5.51. The lowest BCUT2D eigenvalue weighted by atomic mass is 9.76. The summed E-state index contributed by atoms with van der Waals surface area (Å²) >= 11 is 0. The summed E-state index contributed by atoms with van der Waals surface area (Å²) in [5.41, 5.74) is 14.2. The molecule has 1 fully saturated rings. The Labute approximate surface area is 164 Å². The highest BCUT2D eigenvalue weighted by molar-refractivity contribution is 5.55. The molecule has 1 unspecified atom stereocenters. The Bertz CT molecular complexity index is 847. The van der Waals surface area contributed by atoms with E-state index in [1.165, 1.54) is 35.4 Å². The molecule has 0 amide bonds. The van der Waals surface area contributed by atoms with Crippen LogP contribution in [0.25, 0.3) is 0 Å². The van der Waals surface area contributed by atoms with Crippen molar-refractivity contribution in [3.63, 3.8) is 0 Å². The lowest BCUT2D eigenvalue weighted by Gasteiger charge is -2.29. The predicted octanol–water partition coefficient (Wildman–Crippen LogP) is 4.21. The second-order valence-electron chi connectivity index (χ2n) is 6.94. The molecule has 27 heavy (non-hydrogen) atoms. The van der Waals surface area contributed by atoms with Crippen molar-refractivity contribution in [1.82, 2.24) is 9.47 Å². The van der Waals surface area contributed by atoms with Crippen molar-refractivity contribution in [2.45, 2.75) is 34.1 Å². The maximum atomic E-state index is 5.51. The molecule has 0 aromatic carbocycles. The van der Waals surface area contributed by atoms with Gasteiger partial charge in [-0.3, -0.25) is 0 Å². The van der Waals surface area contributed by atoms with Crippen molar-refractivity contribution in [3.8, 4) is 0 Å². The number of rotatable bonds is 4. The Morgan fingerprint density at radius 1 is 1.30 bits per heavy atom. The molecule has 1 aromatic heterocycles. The first-order chi connectivity index (χ1) is 13.0. The minimum absolute atomic E-state index is 0.0984. The molecule has 4 nitrogen and oxygen atoms in total. The van der Waals surface area contributed by atoms with E-state index in [1.807, 2.05) is 6.08 Å². The number of aryl methyl sites for hydroxylation is 1. The average Bonchev–Trinajstić information content (AvgIpc) is 2.99. The standard InChI is InChI=1S/C22H28N2O.CH5N/c1-7-21-22(4,15-17-13-12-16(3)23(17)5)19-14-18(25-6)10-9-11-20(19)24(21)8-2;1-2/h7,9,11-14H,8,15H2,1-6H3;2H2,1H3/b21-7-;. The van der Waals surface area contributed by atoms with E-state index in [2.05, 4.69) is 86.0 Å². The van der Waals surface area contributed by atoms with Gasteiger partial charge in [0.2, 0.25) is 0 Å². The molecule has 2 heterocycles. The molecule has 1 aromatic rings. The third kappa shape index (κ3) is 3.55. The van der Waals surface area contributed by atoms with Crippen LogP contribution in [0.5, 0.6) is 0 Å². The van der Waals surface area contributed by atoms with Gasteiger partial charge in [-0.1, -0.05) is 11.8 Å². The number of methoxy groups -OCH3 is 1. The largest absolute Gasteiger partial charge is 0.489 e. The molecule has 1 aliphatic carbocycles. The van der Waals surface area contributed by atoms with E-state index in [4.69, 9.17) is 4.74 Å². The highest BCUT2D eigenvalue weighted by Gasteiger charge is 2.46. The van der Waals surface area contributed by atoms with Crippen LogP contribution in [0.4, 0.5) is 0 Å². The van der Waals surface area contributed by atoms with Crippen molar-refractivity contribution in [2.24, 2.45) is 18.2 Å². The fourth-order valence-electron chi connectivity index (χ4n) is 4.11. The molecule has 0 bridgehead atoms. The van der Waals surface area contributed by atoms with Crippen molar-refractivity contribution < 1.29 is 4.74 Å². The summed E-state index contributed by atoms with van der Waals surface area (Å²) in [5, 5.41) is 0. The first-order valence-corrected chi connectivity index (χ1v) is 9.53. The van der Waals surface area contributed by atoms with Crippen LogP contribution in [0.1, 0.15) is 32.2 Å². The molecule has 2 N–H and O–H groups in total. The number of ether oxygens (including phenoxy) is 1. The highest BCUT2D eigenvalue weighted by atomic mass is 16.5. The van der Waals surface area contributed by atoms with Gasteiger partial charge in [-0.15, -0.1) is 0 Å².